The lowest BCUT2D eigenvalue weighted by molar-refractivity contribution is 0.487. The lowest BCUT2D eigenvalue weighted by Gasteiger charge is -2.26. The zero-order chi connectivity index (χ0) is 29.9. The Morgan fingerprint density at radius 3 is 2.02 bits per heavy atom. The number of hydrogen-bond donors (Lipinski definition) is 0. The highest BCUT2D eigenvalue weighted by atomic mass is 16.5. The molecule has 1 aliphatic rings. The highest BCUT2D eigenvalue weighted by Crippen LogP contribution is 2.46. The third-order valence-electron chi connectivity index (χ3n) is 10.0. The largest absolute Gasteiger partial charge is 0.458 e. The molecule has 0 amide bonds. The fourth-order valence-corrected chi connectivity index (χ4v) is 8.08. The monoisotopic (exact) mass is 585 g/mol. The number of fused-ring (bicyclic) bond motifs is 12. The Labute approximate surface area is 264 Å². The summed E-state index contributed by atoms with van der Waals surface area (Å²) in [5.41, 5.74) is 11.6. The fourth-order valence-electron chi connectivity index (χ4n) is 8.08. The topological polar surface area (TPSA) is 26.8 Å². The van der Waals surface area contributed by atoms with E-state index in [1.165, 1.54) is 65.6 Å². The Morgan fingerprint density at radius 2 is 1.17 bits per heavy atom. The molecule has 0 bridgehead atoms. The number of nitrogens with zero attached hydrogens (tertiary/aromatic N) is 1. The Balaban J connectivity index is 1.16. The van der Waals surface area contributed by atoms with Gasteiger partial charge in [-0.1, -0.05) is 109 Å². The Kier molecular flexibility index (Phi) is 4.66. The zero-order valence-electron chi connectivity index (χ0n) is 24.7. The molecule has 4 heterocycles. The average Bonchev–Trinajstić information content (AvgIpc) is 3.76. The van der Waals surface area contributed by atoms with Crippen LogP contribution in [0, 0.1) is 0 Å². The van der Waals surface area contributed by atoms with Crippen molar-refractivity contribution in [3.63, 3.8) is 0 Å². The second-order valence-corrected chi connectivity index (χ2v) is 12.4. The summed E-state index contributed by atoms with van der Waals surface area (Å²) in [6, 6.07) is 52.2. The first-order chi connectivity index (χ1) is 22.8. The molecule has 0 unspecified atom stereocenters. The molecular formula is C42H24BNO2. The predicted octanol–water partition coefficient (Wildman–Crippen LogP) is 9.02. The van der Waals surface area contributed by atoms with Crippen LogP contribution in [0.5, 0.6) is 11.5 Å². The van der Waals surface area contributed by atoms with Crippen molar-refractivity contribution in [2.24, 2.45) is 0 Å². The Hall–Kier alpha value is -6.00. The molecular weight excluding hydrogens is 561 g/mol. The molecule has 0 N–H and O–H groups in total. The van der Waals surface area contributed by atoms with Gasteiger partial charge >= 0.3 is 0 Å². The number of rotatable bonds is 2. The van der Waals surface area contributed by atoms with Crippen molar-refractivity contribution < 1.29 is 9.15 Å². The summed E-state index contributed by atoms with van der Waals surface area (Å²) in [6.45, 7) is 0.0963. The van der Waals surface area contributed by atoms with Crippen molar-refractivity contribution in [1.29, 1.82) is 0 Å². The van der Waals surface area contributed by atoms with Crippen LogP contribution in [0.3, 0.4) is 0 Å². The summed E-state index contributed by atoms with van der Waals surface area (Å²) in [5, 5.41) is 7.24. The van der Waals surface area contributed by atoms with Crippen molar-refractivity contribution in [3.05, 3.63) is 146 Å². The predicted molar refractivity (Wildman–Crippen MR) is 191 cm³/mol. The van der Waals surface area contributed by atoms with Gasteiger partial charge in [0.05, 0.1) is 21.9 Å². The van der Waals surface area contributed by atoms with E-state index in [0.717, 1.165) is 33.4 Å². The highest BCUT2D eigenvalue weighted by Gasteiger charge is 2.32. The number of furan rings is 1. The summed E-state index contributed by atoms with van der Waals surface area (Å²) in [5.74, 6) is 1.85. The second-order valence-electron chi connectivity index (χ2n) is 12.4. The SMILES string of the molecule is c1cc(B2c3ccccc3Oc3ccccc32)cc(-c2ccc3c(c2)c2cc4c5ccccc5oc4c4c5ccccc5n3c24)c1. The van der Waals surface area contributed by atoms with Crippen LogP contribution in [0.15, 0.2) is 150 Å². The van der Waals surface area contributed by atoms with Crippen LogP contribution in [0.1, 0.15) is 0 Å². The van der Waals surface area contributed by atoms with E-state index in [4.69, 9.17) is 9.15 Å². The highest BCUT2D eigenvalue weighted by molar-refractivity contribution is 6.97. The van der Waals surface area contributed by atoms with Crippen molar-refractivity contribution in [2.45, 2.75) is 0 Å². The minimum absolute atomic E-state index is 0.0963. The van der Waals surface area contributed by atoms with E-state index in [0.29, 0.717) is 0 Å². The van der Waals surface area contributed by atoms with Crippen LogP contribution in [0.4, 0.5) is 0 Å². The van der Waals surface area contributed by atoms with E-state index in [9.17, 15) is 0 Å². The maximum Gasteiger partial charge on any atom is 0.250 e. The van der Waals surface area contributed by atoms with Gasteiger partial charge in [0, 0.05) is 26.9 Å². The number of hydrogen-bond acceptors (Lipinski definition) is 2. The molecule has 11 rings (SSSR count). The van der Waals surface area contributed by atoms with E-state index in [1.54, 1.807) is 0 Å². The third kappa shape index (κ3) is 3.13. The lowest BCUT2D eigenvalue weighted by Crippen LogP contribution is -2.54. The quantitative estimate of drug-likeness (QED) is 0.189. The summed E-state index contributed by atoms with van der Waals surface area (Å²) < 4.78 is 15.3. The zero-order valence-corrected chi connectivity index (χ0v) is 24.7. The number of benzene rings is 7. The standard InChI is InChI=1S/C42H24BNO2/c1-5-16-35-29(13-1)40-41-31(24-32-28-12-2-6-17-37(28)46-42(32)40)30-23-26(20-21-36(30)44(35)41)25-10-9-11-27(22-25)43-33-14-3-7-18-38(33)45-39-19-8-4-15-34(39)43/h1-24H. The normalized spacial score (nSPS) is 12.9. The van der Waals surface area contributed by atoms with Gasteiger partial charge in [-0.05, 0) is 64.5 Å². The molecule has 3 nitrogen and oxygen atoms in total. The van der Waals surface area contributed by atoms with E-state index >= 15 is 0 Å². The summed E-state index contributed by atoms with van der Waals surface area (Å²) in [4.78, 5) is 0. The van der Waals surface area contributed by atoms with E-state index < -0.39 is 0 Å². The van der Waals surface area contributed by atoms with Gasteiger partial charge < -0.3 is 13.6 Å². The summed E-state index contributed by atoms with van der Waals surface area (Å²) >= 11 is 0. The van der Waals surface area contributed by atoms with E-state index in [1.807, 2.05) is 18.2 Å². The van der Waals surface area contributed by atoms with Crippen LogP contribution in [0.2, 0.25) is 0 Å². The van der Waals surface area contributed by atoms with Crippen LogP contribution < -0.4 is 21.1 Å². The third-order valence-corrected chi connectivity index (χ3v) is 10.0. The van der Waals surface area contributed by atoms with Crippen molar-refractivity contribution >= 4 is 83.1 Å². The molecule has 3 aromatic heterocycles. The fraction of sp³-hybridized carbons (Fsp3) is 0. The second kappa shape index (κ2) is 8.80. The maximum atomic E-state index is 6.56. The van der Waals surface area contributed by atoms with Gasteiger partial charge in [0.2, 0.25) is 0 Å². The summed E-state index contributed by atoms with van der Waals surface area (Å²) in [6.07, 6.45) is 0. The van der Waals surface area contributed by atoms with E-state index in [-0.39, 0.29) is 6.71 Å². The van der Waals surface area contributed by atoms with Gasteiger partial charge in [-0.2, -0.15) is 0 Å². The van der Waals surface area contributed by atoms with Crippen LogP contribution in [-0.2, 0) is 0 Å². The van der Waals surface area contributed by atoms with Gasteiger partial charge in [0.25, 0.3) is 6.71 Å². The first kappa shape index (κ1) is 24.3. The molecule has 0 saturated heterocycles. The van der Waals surface area contributed by atoms with Crippen LogP contribution >= 0.6 is 0 Å². The number of ether oxygens (including phenoxy) is 1. The molecule has 0 saturated carbocycles. The summed E-state index contributed by atoms with van der Waals surface area (Å²) in [7, 11) is 0. The maximum absolute atomic E-state index is 6.56. The van der Waals surface area contributed by atoms with Gasteiger partial charge in [-0.25, -0.2) is 0 Å². The minimum atomic E-state index is 0.0963. The first-order valence-corrected chi connectivity index (χ1v) is 15.8. The first-order valence-electron chi connectivity index (χ1n) is 15.8. The van der Waals surface area contributed by atoms with Crippen molar-refractivity contribution in [3.8, 4) is 22.6 Å². The molecule has 0 aliphatic carbocycles. The molecule has 1 aliphatic heterocycles. The van der Waals surface area contributed by atoms with Crippen molar-refractivity contribution in [1.82, 2.24) is 4.40 Å². The number of aromatic nitrogens is 1. The Morgan fingerprint density at radius 1 is 0.478 bits per heavy atom. The van der Waals surface area contributed by atoms with E-state index in [2.05, 4.69) is 132 Å². The van der Waals surface area contributed by atoms with Gasteiger partial charge in [0.15, 0.2) is 0 Å². The molecule has 46 heavy (non-hydrogen) atoms. The molecule has 0 radical (unpaired) electrons. The number of para-hydroxylation sites is 4. The smallest absolute Gasteiger partial charge is 0.250 e. The van der Waals surface area contributed by atoms with Gasteiger partial charge in [-0.3, -0.25) is 0 Å². The average molecular weight is 585 g/mol. The van der Waals surface area contributed by atoms with Crippen LogP contribution in [-0.4, -0.2) is 11.1 Å². The molecule has 0 spiro atoms. The molecule has 10 aromatic rings. The molecule has 0 fully saturated rings. The molecule has 0 atom stereocenters. The molecule has 212 valence electrons. The minimum Gasteiger partial charge on any atom is -0.458 e. The lowest BCUT2D eigenvalue weighted by atomic mass is 9.36. The van der Waals surface area contributed by atoms with Crippen LogP contribution in [0.25, 0.3) is 71.2 Å². The molecule has 7 aromatic carbocycles. The van der Waals surface area contributed by atoms with Crippen molar-refractivity contribution in [2.75, 3.05) is 0 Å². The van der Waals surface area contributed by atoms with Gasteiger partial charge in [0.1, 0.15) is 22.7 Å². The van der Waals surface area contributed by atoms with Gasteiger partial charge in [-0.15, -0.1) is 0 Å². The molecule has 4 heteroatoms. The Bertz CT molecular complexity index is 2810.